The summed E-state index contributed by atoms with van der Waals surface area (Å²) in [6, 6.07) is 6.01. The second kappa shape index (κ2) is 8.62. The van der Waals surface area contributed by atoms with E-state index in [0.29, 0.717) is 37.4 Å². The van der Waals surface area contributed by atoms with Crippen LogP contribution >= 0.6 is 0 Å². The molecule has 10 nitrogen and oxygen atoms in total. The van der Waals surface area contributed by atoms with Crippen molar-refractivity contribution in [3.05, 3.63) is 53.9 Å². The lowest BCUT2D eigenvalue weighted by Gasteiger charge is -2.34. The van der Waals surface area contributed by atoms with Crippen molar-refractivity contribution in [2.24, 2.45) is 0 Å². The van der Waals surface area contributed by atoms with E-state index in [1.165, 1.54) is 23.1 Å². The number of carbonyl (C=O) groups is 2. The van der Waals surface area contributed by atoms with Gasteiger partial charge in [-0.15, -0.1) is 5.10 Å². The molecule has 1 saturated heterocycles. The number of rotatable bonds is 5. The monoisotopic (exact) mass is 426 g/mol. The lowest BCUT2D eigenvalue weighted by Crippen LogP contribution is -2.51. The van der Waals surface area contributed by atoms with Gasteiger partial charge in [-0.05, 0) is 40.6 Å². The Hall–Kier alpha value is -3.63. The van der Waals surface area contributed by atoms with Crippen molar-refractivity contribution in [3.63, 3.8) is 0 Å². The van der Waals surface area contributed by atoms with Gasteiger partial charge in [0.1, 0.15) is 18.7 Å². The highest BCUT2D eigenvalue weighted by Crippen LogP contribution is 2.25. The number of nitrogens with zero attached hydrogens (tertiary/aromatic N) is 8. The highest BCUT2D eigenvalue weighted by molar-refractivity contribution is 5.95. The Labute approximate surface area is 178 Å². The Balaban J connectivity index is 1.46. The molecule has 4 rings (SSSR count). The number of carbonyl (C=O) groups excluding carboxylic acids is 2. The van der Waals surface area contributed by atoms with Crippen LogP contribution in [0.2, 0.25) is 0 Å². The number of piperazine rings is 1. The van der Waals surface area contributed by atoms with Gasteiger partial charge >= 0.3 is 0 Å². The van der Waals surface area contributed by atoms with Crippen LogP contribution in [0.1, 0.15) is 35.8 Å². The Kier molecular flexibility index (Phi) is 5.74. The van der Waals surface area contributed by atoms with Crippen LogP contribution < -0.4 is 0 Å². The first-order valence-electron chi connectivity index (χ1n) is 10.1. The SMILES string of the molecule is CC(C)c1c(C(=O)N2CCN(C(=O)Cn3cnnn3)CC2)cnn1-c1ccc(F)cc1. The van der Waals surface area contributed by atoms with E-state index in [4.69, 9.17) is 0 Å². The largest absolute Gasteiger partial charge is 0.338 e. The molecule has 31 heavy (non-hydrogen) atoms. The third-order valence-corrected chi connectivity index (χ3v) is 5.26. The highest BCUT2D eigenvalue weighted by Gasteiger charge is 2.29. The average molecular weight is 426 g/mol. The zero-order valence-electron chi connectivity index (χ0n) is 17.3. The summed E-state index contributed by atoms with van der Waals surface area (Å²) in [5.41, 5.74) is 1.99. The number of benzene rings is 1. The maximum atomic E-state index is 13.3. The van der Waals surface area contributed by atoms with Crippen LogP contribution in [-0.4, -0.2) is 77.8 Å². The smallest absolute Gasteiger partial charge is 0.257 e. The van der Waals surface area contributed by atoms with Gasteiger partial charge in [0.25, 0.3) is 5.91 Å². The molecular weight excluding hydrogens is 403 g/mol. The van der Waals surface area contributed by atoms with E-state index in [9.17, 15) is 14.0 Å². The fourth-order valence-corrected chi connectivity index (χ4v) is 3.69. The van der Waals surface area contributed by atoms with Gasteiger partial charge in [-0.1, -0.05) is 13.8 Å². The Morgan fingerprint density at radius 2 is 1.74 bits per heavy atom. The number of aromatic nitrogens is 6. The van der Waals surface area contributed by atoms with Crippen LogP contribution in [0.5, 0.6) is 0 Å². The molecule has 0 spiro atoms. The quantitative estimate of drug-likeness (QED) is 0.606. The lowest BCUT2D eigenvalue weighted by atomic mass is 10.0. The second-order valence-electron chi connectivity index (χ2n) is 7.67. The molecule has 0 unspecified atom stereocenters. The van der Waals surface area contributed by atoms with E-state index in [2.05, 4.69) is 20.6 Å². The van der Waals surface area contributed by atoms with E-state index in [1.54, 1.807) is 32.8 Å². The molecule has 1 aliphatic heterocycles. The highest BCUT2D eigenvalue weighted by atomic mass is 19.1. The predicted molar refractivity (Wildman–Crippen MR) is 108 cm³/mol. The lowest BCUT2D eigenvalue weighted by molar-refractivity contribution is -0.133. The van der Waals surface area contributed by atoms with Crippen molar-refractivity contribution in [3.8, 4) is 5.69 Å². The topological polar surface area (TPSA) is 102 Å². The van der Waals surface area contributed by atoms with Crippen molar-refractivity contribution in [1.29, 1.82) is 0 Å². The van der Waals surface area contributed by atoms with Crippen LogP contribution in [0.15, 0.2) is 36.8 Å². The molecule has 1 fully saturated rings. The van der Waals surface area contributed by atoms with Crippen molar-refractivity contribution in [2.45, 2.75) is 26.3 Å². The number of halogens is 1. The molecule has 0 aliphatic carbocycles. The van der Waals surface area contributed by atoms with E-state index < -0.39 is 0 Å². The molecule has 3 aromatic rings. The normalized spacial score (nSPS) is 14.3. The minimum Gasteiger partial charge on any atom is -0.338 e. The van der Waals surface area contributed by atoms with Crippen LogP contribution in [-0.2, 0) is 11.3 Å². The molecule has 0 saturated carbocycles. The number of hydrogen-bond acceptors (Lipinski definition) is 6. The van der Waals surface area contributed by atoms with Gasteiger partial charge < -0.3 is 9.80 Å². The Morgan fingerprint density at radius 1 is 1.06 bits per heavy atom. The first-order valence-corrected chi connectivity index (χ1v) is 10.1. The van der Waals surface area contributed by atoms with Crippen molar-refractivity contribution < 1.29 is 14.0 Å². The first kappa shape index (κ1) is 20.6. The van der Waals surface area contributed by atoms with Crippen LogP contribution in [0, 0.1) is 5.82 Å². The molecule has 2 aromatic heterocycles. The average Bonchev–Trinajstić information content (AvgIpc) is 3.44. The Bertz CT molecular complexity index is 1050. The van der Waals surface area contributed by atoms with Gasteiger partial charge in [0.05, 0.1) is 23.1 Å². The number of amides is 2. The van der Waals surface area contributed by atoms with Crippen molar-refractivity contribution in [2.75, 3.05) is 26.2 Å². The van der Waals surface area contributed by atoms with E-state index in [-0.39, 0.29) is 30.1 Å². The predicted octanol–water partition coefficient (Wildman–Crippen LogP) is 1.11. The molecule has 1 aromatic carbocycles. The molecular formula is C20H23FN8O2. The van der Waals surface area contributed by atoms with Gasteiger partial charge in [0, 0.05) is 26.2 Å². The maximum absolute atomic E-state index is 13.3. The third-order valence-electron chi connectivity index (χ3n) is 5.26. The molecule has 3 heterocycles. The summed E-state index contributed by atoms with van der Waals surface area (Å²) in [5.74, 6) is -0.507. The fraction of sp³-hybridized carbons (Fsp3) is 0.400. The molecule has 11 heteroatoms. The van der Waals surface area contributed by atoms with Gasteiger partial charge in [-0.25, -0.2) is 13.8 Å². The van der Waals surface area contributed by atoms with E-state index >= 15 is 0 Å². The Morgan fingerprint density at radius 3 is 2.35 bits per heavy atom. The maximum Gasteiger partial charge on any atom is 0.257 e. The summed E-state index contributed by atoms with van der Waals surface area (Å²) in [4.78, 5) is 29.1. The zero-order chi connectivity index (χ0) is 22.0. The zero-order valence-corrected chi connectivity index (χ0v) is 17.3. The minimum absolute atomic E-state index is 0.0330. The molecule has 0 radical (unpaired) electrons. The molecule has 2 amide bonds. The summed E-state index contributed by atoms with van der Waals surface area (Å²) >= 11 is 0. The summed E-state index contributed by atoms with van der Waals surface area (Å²) in [5, 5.41) is 15.1. The van der Waals surface area contributed by atoms with Gasteiger partial charge in [0.15, 0.2) is 0 Å². The number of hydrogen-bond donors (Lipinski definition) is 0. The standard InChI is InChI=1S/C20H23FN8O2/c1-14(2)19-17(11-23-29(19)16-5-3-15(21)4-6-16)20(31)27-9-7-26(8-10-27)18(30)12-28-13-22-24-25-28/h3-6,11,13-14H,7-10,12H2,1-2H3. The van der Waals surface area contributed by atoms with Gasteiger partial charge in [-0.2, -0.15) is 5.10 Å². The molecule has 0 N–H and O–H groups in total. The third kappa shape index (κ3) is 4.30. The summed E-state index contributed by atoms with van der Waals surface area (Å²) in [6.07, 6.45) is 2.96. The van der Waals surface area contributed by atoms with E-state index in [0.717, 1.165) is 5.69 Å². The first-order chi connectivity index (χ1) is 14.9. The fourth-order valence-electron chi connectivity index (χ4n) is 3.69. The number of tetrazole rings is 1. The van der Waals surface area contributed by atoms with Crippen LogP contribution in [0.4, 0.5) is 4.39 Å². The molecule has 1 aliphatic rings. The molecule has 0 atom stereocenters. The van der Waals surface area contributed by atoms with Crippen molar-refractivity contribution >= 4 is 11.8 Å². The molecule has 0 bridgehead atoms. The minimum atomic E-state index is -0.328. The van der Waals surface area contributed by atoms with Crippen molar-refractivity contribution in [1.82, 2.24) is 39.8 Å². The van der Waals surface area contributed by atoms with Crippen LogP contribution in [0.3, 0.4) is 0 Å². The second-order valence-corrected chi connectivity index (χ2v) is 7.67. The summed E-state index contributed by atoms with van der Waals surface area (Å²) < 4.78 is 16.4. The summed E-state index contributed by atoms with van der Waals surface area (Å²) in [7, 11) is 0. The van der Waals surface area contributed by atoms with Gasteiger partial charge in [0.2, 0.25) is 5.91 Å². The van der Waals surface area contributed by atoms with Crippen LogP contribution in [0.25, 0.3) is 5.69 Å². The van der Waals surface area contributed by atoms with Gasteiger partial charge in [-0.3, -0.25) is 9.59 Å². The van der Waals surface area contributed by atoms with E-state index in [1.807, 2.05) is 13.8 Å². The molecule has 162 valence electrons. The summed E-state index contributed by atoms with van der Waals surface area (Å²) in [6.45, 7) is 5.79.